The summed E-state index contributed by atoms with van der Waals surface area (Å²) in [6.07, 6.45) is 5.88. The number of carbonyl (C=O) groups is 1. The Morgan fingerprint density at radius 1 is 1.32 bits per heavy atom. The number of anilines is 1. The number of rotatable bonds is 5. The Hall–Kier alpha value is -1.73. The van der Waals surface area contributed by atoms with E-state index in [1.54, 1.807) is 16.8 Å². The number of nitrogen functional groups attached to an aromatic ring is 1. The van der Waals surface area contributed by atoms with Gasteiger partial charge in [-0.3, -0.25) is 4.79 Å². The smallest absolute Gasteiger partial charge is 0.237 e. The Balaban J connectivity index is 1.64. The second kappa shape index (κ2) is 8.10. The van der Waals surface area contributed by atoms with E-state index in [1.807, 2.05) is 19.1 Å². The lowest BCUT2D eigenvalue weighted by Crippen LogP contribution is -2.24. The molecule has 0 aliphatic heterocycles. The molecule has 3 rings (SSSR count). The third-order valence-electron chi connectivity index (χ3n) is 4.44. The Bertz CT molecular complexity index is 744. The first kappa shape index (κ1) is 18.1. The van der Waals surface area contributed by atoms with Gasteiger partial charge in [0, 0.05) is 5.92 Å². The number of halogens is 1. The minimum atomic E-state index is -0.373. The third kappa shape index (κ3) is 4.27. The van der Waals surface area contributed by atoms with Gasteiger partial charge in [0.1, 0.15) is 0 Å². The summed E-state index contributed by atoms with van der Waals surface area (Å²) in [7, 11) is 0. The van der Waals surface area contributed by atoms with Crippen molar-refractivity contribution in [3.05, 3.63) is 35.1 Å². The molecule has 0 unspecified atom stereocenters. The van der Waals surface area contributed by atoms with Crippen LogP contribution in [0.5, 0.6) is 0 Å². The van der Waals surface area contributed by atoms with Gasteiger partial charge >= 0.3 is 0 Å². The van der Waals surface area contributed by atoms with Crippen LogP contribution < -0.4 is 11.2 Å². The number of thioether (sulfide) groups is 1. The standard InChI is InChI=1S/C17H22ClN5OS/c1-11(16(24)20-14-10-6-5-9-13(14)18)25-17-22-21-15(23(17)19)12-7-3-2-4-8-12/h5-6,9-12H,2-4,7-8,19H2,1H3,(H,20,24)/t11-/m0/s1. The van der Waals surface area contributed by atoms with Crippen LogP contribution in [0.4, 0.5) is 5.69 Å². The van der Waals surface area contributed by atoms with E-state index in [1.165, 1.54) is 31.0 Å². The van der Waals surface area contributed by atoms with Gasteiger partial charge in [-0.15, -0.1) is 10.2 Å². The van der Waals surface area contributed by atoms with Crippen LogP contribution in [0, 0.1) is 0 Å². The quantitative estimate of drug-likeness (QED) is 0.609. The van der Waals surface area contributed by atoms with Gasteiger partial charge in [0.25, 0.3) is 0 Å². The van der Waals surface area contributed by atoms with E-state index in [0.29, 0.717) is 21.8 Å². The van der Waals surface area contributed by atoms with Gasteiger partial charge in [-0.25, -0.2) is 4.68 Å². The molecule has 0 saturated heterocycles. The highest BCUT2D eigenvalue weighted by molar-refractivity contribution is 8.00. The summed E-state index contributed by atoms with van der Waals surface area (Å²) in [4.78, 5) is 12.4. The molecule has 8 heteroatoms. The maximum Gasteiger partial charge on any atom is 0.237 e. The maximum atomic E-state index is 12.4. The van der Waals surface area contributed by atoms with E-state index in [9.17, 15) is 4.79 Å². The van der Waals surface area contributed by atoms with Crippen LogP contribution in [0.25, 0.3) is 0 Å². The molecule has 1 amide bonds. The van der Waals surface area contributed by atoms with Crippen LogP contribution in [-0.4, -0.2) is 26.0 Å². The molecule has 6 nitrogen and oxygen atoms in total. The van der Waals surface area contributed by atoms with E-state index in [4.69, 9.17) is 17.4 Å². The van der Waals surface area contributed by atoms with Crippen molar-refractivity contribution < 1.29 is 4.79 Å². The molecule has 1 aromatic carbocycles. The molecule has 134 valence electrons. The van der Waals surface area contributed by atoms with E-state index in [-0.39, 0.29) is 11.2 Å². The first-order valence-corrected chi connectivity index (χ1v) is 9.74. The molecule has 1 aromatic heterocycles. The number of carbonyl (C=O) groups excluding carboxylic acids is 1. The molecule has 3 N–H and O–H groups in total. The number of hydrogen-bond donors (Lipinski definition) is 2. The second-order valence-electron chi connectivity index (χ2n) is 6.27. The second-order valence-corrected chi connectivity index (χ2v) is 7.99. The summed E-state index contributed by atoms with van der Waals surface area (Å²) in [6.45, 7) is 1.81. The average Bonchev–Trinajstić information content (AvgIpc) is 2.98. The molecule has 1 aliphatic rings. The molecule has 1 aliphatic carbocycles. The SMILES string of the molecule is C[C@H](Sc1nnc(C2CCCCC2)n1N)C(=O)Nc1ccccc1Cl. The van der Waals surface area contributed by atoms with Gasteiger partial charge in [0.2, 0.25) is 11.1 Å². The van der Waals surface area contributed by atoms with Crippen LogP contribution in [0.1, 0.15) is 50.8 Å². The molecular formula is C17H22ClN5OS. The van der Waals surface area contributed by atoms with Crippen LogP contribution in [0.3, 0.4) is 0 Å². The highest BCUT2D eigenvalue weighted by atomic mass is 35.5. The molecule has 1 atom stereocenters. The Morgan fingerprint density at radius 2 is 2.04 bits per heavy atom. The molecular weight excluding hydrogens is 358 g/mol. The zero-order valence-electron chi connectivity index (χ0n) is 14.1. The Kier molecular flexibility index (Phi) is 5.86. The van der Waals surface area contributed by atoms with Crippen LogP contribution in [0.15, 0.2) is 29.4 Å². The fourth-order valence-electron chi connectivity index (χ4n) is 3.02. The van der Waals surface area contributed by atoms with Crippen LogP contribution >= 0.6 is 23.4 Å². The summed E-state index contributed by atoms with van der Waals surface area (Å²) in [5.41, 5.74) is 0.596. The lowest BCUT2D eigenvalue weighted by Gasteiger charge is -2.20. The summed E-state index contributed by atoms with van der Waals surface area (Å²) in [5, 5.41) is 12.0. The van der Waals surface area contributed by atoms with Crippen molar-refractivity contribution >= 4 is 35.0 Å². The molecule has 0 spiro atoms. The van der Waals surface area contributed by atoms with Gasteiger partial charge in [0.15, 0.2) is 5.82 Å². The summed E-state index contributed by atoms with van der Waals surface area (Å²) in [6, 6.07) is 7.15. The summed E-state index contributed by atoms with van der Waals surface area (Å²) >= 11 is 7.38. The number of nitrogens with one attached hydrogen (secondary N) is 1. The van der Waals surface area contributed by atoms with Crippen LogP contribution in [0.2, 0.25) is 5.02 Å². The van der Waals surface area contributed by atoms with Crippen molar-refractivity contribution in [1.29, 1.82) is 0 Å². The third-order valence-corrected chi connectivity index (χ3v) is 5.83. The summed E-state index contributed by atoms with van der Waals surface area (Å²) in [5.74, 6) is 7.21. The average molecular weight is 380 g/mol. The topological polar surface area (TPSA) is 85.8 Å². The van der Waals surface area contributed by atoms with E-state index >= 15 is 0 Å². The predicted octanol–water partition coefficient (Wildman–Crippen LogP) is 3.81. The molecule has 1 saturated carbocycles. The van der Waals surface area contributed by atoms with Crippen molar-refractivity contribution in [3.63, 3.8) is 0 Å². The lowest BCUT2D eigenvalue weighted by atomic mass is 9.89. The normalized spacial score (nSPS) is 16.6. The monoisotopic (exact) mass is 379 g/mol. The molecule has 2 aromatic rings. The van der Waals surface area contributed by atoms with Crippen molar-refractivity contribution in [1.82, 2.24) is 14.9 Å². The largest absolute Gasteiger partial charge is 0.336 e. The number of para-hydroxylation sites is 1. The first-order chi connectivity index (χ1) is 12.1. The van der Waals surface area contributed by atoms with E-state index in [0.717, 1.165) is 18.7 Å². The van der Waals surface area contributed by atoms with Gasteiger partial charge in [-0.05, 0) is 31.9 Å². The molecule has 1 fully saturated rings. The molecule has 0 radical (unpaired) electrons. The van der Waals surface area contributed by atoms with Crippen molar-refractivity contribution in [2.45, 2.75) is 55.4 Å². The van der Waals surface area contributed by atoms with Crippen molar-refractivity contribution in [2.24, 2.45) is 0 Å². The maximum absolute atomic E-state index is 12.4. The van der Waals surface area contributed by atoms with Crippen molar-refractivity contribution in [3.8, 4) is 0 Å². The summed E-state index contributed by atoms with van der Waals surface area (Å²) < 4.78 is 1.54. The minimum absolute atomic E-state index is 0.152. The Labute approximate surface area is 156 Å². The zero-order chi connectivity index (χ0) is 17.8. The molecule has 0 bridgehead atoms. The van der Waals surface area contributed by atoms with Gasteiger partial charge in [0.05, 0.1) is 16.0 Å². The highest BCUT2D eigenvalue weighted by Gasteiger charge is 2.25. The van der Waals surface area contributed by atoms with Crippen LogP contribution in [-0.2, 0) is 4.79 Å². The van der Waals surface area contributed by atoms with Gasteiger partial charge < -0.3 is 11.2 Å². The van der Waals surface area contributed by atoms with Gasteiger partial charge in [-0.2, -0.15) is 0 Å². The van der Waals surface area contributed by atoms with E-state index in [2.05, 4.69) is 15.5 Å². The Morgan fingerprint density at radius 3 is 2.76 bits per heavy atom. The highest BCUT2D eigenvalue weighted by Crippen LogP contribution is 2.33. The van der Waals surface area contributed by atoms with Gasteiger partial charge in [-0.1, -0.05) is 54.8 Å². The number of nitrogens with two attached hydrogens (primary N) is 1. The molecule has 25 heavy (non-hydrogen) atoms. The predicted molar refractivity (Wildman–Crippen MR) is 101 cm³/mol. The fourth-order valence-corrected chi connectivity index (χ4v) is 3.98. The number of benzene rings is 1. The number of hydrogen-bond acceptors (Lipinski definition) is 5. The first-order valence-electron chi connectivity index (χ1n) is 8.48. The van der Waals surface area contributed by atoms with E-state index < -0.39 is 0 Å². The number of aromatic nitrogens is 3. The molecule has 1 heterocycles. The van der Waals surface area contributed by atoms with Crippen molar-refractivity contribution in [2.75, 3.05) is 11.2 Å². The fraction of sp³-hybridized carbons (Fsp3) is 0.471. The minimum Gasteiger partial charge on any atom is -0.336 e. The zero-order valence-corrected chi connectivity index (χ0v) is 15.7. The lowest BCUT2D eigenvalue weighted by molar-refractivity contribution is -0.115. The number of amides is 1. The number of nitrogens with zero attached hydrogens (tertiary/aromatic N) is 3.